The molecule has 2 atom stereocenters. The number of benzene rings is 1. The van der Waals surface area contributed by atoms with Gasteiger partial charge in [0.05, 0.1) is 6.10 Å². The van der Waals surface area contributed by atoms with E-state index in [0.717, 1.165) is 45.2 Å². The Balaban J connectivity index is 1.42. The van der Waals surface area contributed by atoms with Gasteiger partial charge in [-0.1, -0.05) is 36.8 Å². The number of nitrogens with zero attached hydrogens (tertiary/aromatic N) is 3. The average Bonchev–Trinajstić information content (AvgIpc) is 2.77. The van der Waals surface area contributed by atoms with Gasteiger partial charge in [-0.15, -0.1) is 0 Å². The van der Waals surface area contributed by atoms with Crippen LogP contribution >= 0.6 is 0 Å². The lowest BCUT2D eigenvalue weighted by atomic mass is 9.89. The summed E-state index contributed by atoms with van der Waals surface area (Å²) in [7, 11) is 1.85. The Morgan fingerprint density at radius 3 is 2.52 bits per heavy atom. The van der Waals surface area contributed by atoms with Crippen molar-refractivity contribution in [3.63, 3.8) is 0 Å². The van der Waals surface area contributed by atoms with Gasteiger partial charge < -0.3 is 20.3 Å². The highest BCUT2D eigenvalue weighted by Gasteiger charge is 2.27. The third-order valence-corrected chi connectivity index (χ3v) is 6.24. The van der Waals surface area contributed by atoms with Crippen molar-refractivity contribution in [3.8, 4) is 0 Å². The first-order chi connectivity index (χ1) is 14.2. The minimum absolute atomic E-state index is 0.171. The highest BCUT2D eigenvalue weighted by Crippen LogP contribution is 2.33. The first-order valence-corrected chi connectivity index (χ1v) is 11.3. The number of aryl methyl sites for hydroxylation is 1. The van der Waals surface area contributed by atoms with Crippen LogP contribution in [0, 0.1) is 12.8 Å². The van der Waals surface area contributed by atoms with Gasteiger partial charge in [-0.25, -0.2) is 0 Å². The zero-order valence-corrected chi connectivity index (χ0v) is 18.5. The van der Waals surface area contributed by atoms with E-state index >= 15 is 0 Å². The van der Waals surface area contributed by atoms with E-state index in [1.165, 1.54) is 43.7 Å². The molecule has 0 radical (unpaired) electrons. The van der Waals surface area contributed by atoms with Crippen LogP contribution in [-0.2, 0) is 4.74 Å². The molecule has 2 aliphatic rings. The lowest BCUT2D eigenvalue weighted by molar-refractivity contribution is -0.0265. The SMILES string of the molecule is CCN1CCN(CCNC(=NC)NCC2CCCOC2c2ccc(C)cc2)CC1. The summed E-state index contributed by atoms with van der Waals surface area (Å²) < 4.78 is 6.15. The molecule has 29 heavy (non-hydrogen) atoms. The van der Waals surface area contributed by atoms with Gasteiger partial charge in [-0.2, -0.15) is 0 Å². The molecule has 3 rings (SSSR count). The number of ether oxygens (including phenoxy) is 1. The predicted molar refractivity (Wildman–Crippen MR) is 121 cm³/mol. The van der Waals surface area contributed by atoms with Crippen LogP contribution in [0.5, 0.6) is 0 Å². The fraction of sp³-hybridized carbons (Fsp3) is 0.696. The fourth-order valence-electron chi connectivity index (χ4n) is 4.29. The van der Waals surface area contributed by atoms with Crippen molar-refractivity contribution < 1.29 is 4.74 Å². The Morgan fingerprint density at radius 1 is 1.10 bits per heavy atom. The molecule has 2 heterocycles. The zero-order chi connectivity index (χ0) is 20.5. The molecule has 1 aromatic carbocycles. The first kappa shape index (κ1) is 22.1. The van der Waals surface area contributed by atoms with Crippen LogP contribution in [-0.4, -0.2) is 81.8 Å². The molecule has 0 amide bonds. The number of likely N-dealkylation sites (N-methyl/N-ethyl adjacent to an activating group) is 1. The largest absolute Gasteiger partial charge is 0.373 e. The molecule has 162 valence electrons. The van der Waals surface area contributed by atoms with E-state index in [1.54, 1.807) is 0 Å². The maximum Gasteiger partial charge on any atom is 0.191 e. The van der Waals surface area contributed by atoms with Gasteiger partial charge in [-0.05, 0) is 31.9 Å². The number of nitrogens with one attached hydrogen (secondary N) is 2. The van der Waals surface area contributed by atoms with Crippen molar-refractivity contribution >= 4 is 5.96 Å². The van der Waals surface area contributed by atoms with E-state index in [9.17, 15) is 0 Å². The number of aliphatic imine (C=N–C) groups is 1. The summed E-state index contributed by atoms with van der Waals surface area (Å²) in [5.41, 5.74) is 2.58. The molecule has 6 heteroatoms. The van der Waals surface area contributed by atoms with Gasteiger partial charge >= 0.3 is 0 Å². The second-order valence-electron chi connectivity index (χ2n) is 8.26. The van der Waals surface area contributed by atoms with E-state index in [-0.39, 0.29) is 6.10 Å². The smallest absolute Gasteiger partial charge is 0.191 e. The summed E-state index contributed by atoms with van der Waals surface area (Å²) in [5.74, 6) is 1.36. The molecule has 0 aromatic heterocycles. The normalized spacial score (nSPS) is 24.4. The average molecular weight is 402 g/mol. The molecule has 0 bridgehead atoms. The third kappa shape index (κ3) is 6.69. The number of hydrogen-bond acceptors (Lipinski definition) is 4. The molecule has 2 N–H and O–H groups in total. The molecule has 6 nitrogen and oxygen atoms in total. The van der Waals surface area contributed by atoms with Crippen LogP contribution in [0.3, 0.4) is 0 Å². The summed E-state index contributed by atoms with van der Waals surface area (Å²) in [6, 6.07) is 8.78. The second-order valence-corrected chi connectivity index (χ2v) is 8.26. The minimum Gasteiger partial charge on any atom is -0.373 e. The maximum absolute atomic E-state index is 6.15. The van der Waals surface area contributed by atoms with E-state index in [1.807, 2.05) is 7.05 Å². The van der Waals surface area contributed by atoms with Crippen molar-refractivity contribution in [2.45, 2.75) is 32.8 Å². The topological polar surface area (TPSA) is 52.1 Å². The monoisotopic (exact) mass is 401 g/mol. The Labute approximate surface area is 176 Å². The Morgan fingerprint density at radius 2 is 1.83 bits per heavy atom. The lowest BCUT2D eigenvalue weighted by Crippen LogP contribution is -2.49. The minimum atomic E-state index is 0.171. The summed E-state index contributed by atoms with van der Waals surface area (Å²) in [4.78, 5) is 9.47. The van der Waals surface area contributed by atoms with Gasteiger partial charge in [0, 0.05) is 65.4 Å². The molecule has 2 unspecified atom stereocenters. The first-order valence-electron chi connectivity index (χ1n) is 11.3. The van der Waals surface area contributed by atoms with Crippen molar-refractivity contribution in [2.75, 3.05) is 66.0 Å². The highest BCUT2D eigenvalue weighted by atomic mass is 16.5. The molecular weight excluding hydrogens is 362 g/mol. The molecule has 0 spiro atoms. The van der Waals surface area contributed by atoms with Crippen LogP contribution < -0.4 is 10.6 Å². The molecule has 2 saturated heterocycles. The molecule has 2 aliphatic heterocycles. The Kier molecular flexibility index (Phi) is 8.77. The van der Waals surface area contributed by atoms with Gasteiger partial charge in [0.25, 0.3) is 0 Å². The number of hydrogen-bond donors (Lipinski definition) is 2. The van der Waals surface area contributed by atoms with Crippen molar-refractivity contribution in [2.24, 2.45) is 10.9 Å². The third-order valence-electron chi connectivity index (χ3n) is 6.24. The van der Waals surface area contributed by atoms with Crippen molar-refractivity contribution in [1.29, 1.82) is 0 Å². The van der Waals surface area contributed by atoms with Crippen molar-refractivity contribution in [3.05, 3.63) is 35.4 Å². The molecular formula is C23H39N5O. The van der Waals surface area contributed by atoms with E-state index in [2.05, 4.69) is 63.5 Å². The fourth-order valence-corrected chi connectivity index (χ4v) is 4.29. The van der Waals surface area contributed by atoms with Crippen LogP contribution in [0.4, 0.5) is 0 Å². The van der Waals surface area contributed by atoms with Crippen molar-refractivity contribution in [1.82, 2.24) is 20.4 Å². The quantitative estimate of drug-likeness (QED) is 0.542. The number of guanidine groups is 1. The Hall–Kier alpha value is -1.63. The summed E-state index contributed by atoms with van der Waals surface area (Å²) in [6.45, 7) is 14.0. The van der Waals surface area contributed by atoms with Gasteiger partial charge in [-0.3, -0.25) is 9.89 Å². The van der Waals surface area contributed by atoms with Gasteiger partial charge in [0.2, 0.25) is 0 Å². The molecule has 2 fully saturated rings. The standard InChI is InChI=1S/C23H39N5O/c1-4-27-13-15-28(16-14-27)12-11-25-23(24-3)26-18-21-6-5-17-29-22(21)20-9-7-19(2)8-10-20/h7-10,21-22H,4-6,11-18H2,1-3H3,(H2,24,25,26). The summed E-state index contributed by atoms with van der Waals surface area (Å²) in [5, 5.41) is 7.02. The molecule has 0 saturated carbocycles. The van der Waals surface area contributed by atoms with Crippen LogP contribution in [0.1, 0.15) is 37.0 Å². The maximum atomic E-state index is 6.15. The van der Waals surface area contributed by atoms with Crippen LogP contribution in [0.2, 0.25) is 0 Å². The summed E-state index contributed by atoms with van der Waals surface area (Å²) in [6.07, 6.45) is 2.49. The highest BCUT2D eigenvalue weighted by molar-refractivity contribution is 5.79. The van der Waals surface area contributed by atoms with Gasteiger partial charge in [0.15, 0.2) is 5.96 Å². The van der Waals surface area contributed by atoms with Crippen LogP contribution in [0.25, 0.3) is 0 Å². The lowest BCUT2D eigenvalue weighted by Gasteiger charge is -2.34. The van der Waals surface area contributed by atoms with E-state index in [0.29, 0.717) is 5.92 Å². The predicted octanol–water partition coefficient (Wildman–Crippen LogP) is 2.27. The summed E-state index contributed by atoms with van der Waals surface area (Å²) >= 11 is 0. The second kappa shape index (κ2) is 11.5. The van der Waals surface area contributed by atoms with E-state index in [4.69, 9.17) is 4.74 Å². The zero-order valence-electron chi connectivity index (χ0n) is 18.5. The van der Waals surface area contributed by atoms with Crippen LogP contribution in [0.15, 0.2) is 29.3 Å². The van der Waals surface area contributed by atoms with Gasteiger partial charge in [0.1, 0.15) is 0 Å². The Bertz CT molecular complexity index is 625. The molecule has 0 aliphatic carbocycles. The number of rotatable bonds is 7. The van der Waals surface area contributed by atoms with E-state index < -0.39 is 0 Å². The molecule has 1 aromatic rings. The number of piperazine rings is 1.